The van der Waals surface area contributed by atoms with Crippen LogP contribution in [0.4, 0.5) is 5.69 Å². The lowest BCUT2D eigenvalue weighted by atomic mass is 10.1. The summed E-state index contributed by atoms with van der Waals surface area (Å²) in [6.45, 7) is 8.25. The zero-order valence-corrected chi connectivity index (χ0v) is 8.00. The Bertz CT molecular complexity index is 321. The minimum absolute atomic E-state index is 0.604. The molecule has 0 aliphatic carbocycles. The second-order valence-electron chi connectivity index (χ2n) is 2.76. The van der Waals surface area contributed by atoms with Gasteiger partial charge in [0, 0.05) is 11.8 Å². The maximum Gasteiger partial charge on any atom is 0.121 e. The summed E-state index contributed by atoms with van der Waals surface area (Å²) in [5.74, 6) is 0.625. The van der Waals surface area contributed by atoms with Gasteiger partial charge in [0.2, 0.25) is 0 Å². The van der Waals surface area contributed by atoms with Gasteiger partial charge in [-0.15, -0.1) is 0 Å². The van der Waals surface area contributed by atoms with Crippen LogP contribution in [0.2, 0.25) is 0 Å². The molecule has 0 radical (unpaired) electrons. The highest BCUT2D eigenvalue weighted by Crippen LogP contribution is 2.21. The number of hydrogen-bond donors (Lipinski definition) is 1. The molecule has 0 unspecified atom stereocenters. The fourth-order valence-corrected chi connectivity index (χ4v) is 1.07. The molecule has 3 nitrogen and oxygen atoms in total. The number of nitrogens with two attached hydrogens (primary N) is 1. The first kappa shape index (κ1) is 9.58. The highest BCUT2D eigenvalue weighted by molar-refractivity contribution is 5.65. The van der Waals surface area contributed by atoms with Gasteiger partial charge in [0.15, 0.2) is 0 Å². The van der Waals surface area contributed by atoms with E-state index >= 15 is 0 Å². The van der Waals surface area contributed by atoms with Crippen LogP contribution < -0.4 is 5.73 Å². The largest absolute Gasteiger partial charge is 0.494 e. The van der Waals surface area contributed by atoms with Crippen LogP contribution in [0.15, 0.2) is 19.0 Å². The predicted molar refractivity (Wildman–Crippen MR) is 54.0 cm³/mol. The third-order valence-corrected chi connectivity index (χ3v) is 1.87. The van der Waals surface area contributed by atoms with Crippen molar-refractivity contribution < 1.29 is 4.74 Å². The molecule has 0 atom stereocenters. The summed E-state index contributed by atoms with van der Waals surface area (Å²) in [5.41, 5.74) is 8.20. The van der Waals surface area contributed by atoms with Crippen molar-refractivity contribution in [1.29, 1.82) is 0 Å². The van der Waals surface area contributed by atoms with Crippen molar-refractivity contribution in [1.82, 2.24) is 4.98 Å². The van der Waals surface area contributed by atoms with Crippen LogP contribution in [0.5, 0.6) is 0 Å². The Morgan fingerprint density at radius 1 is 1.62 bits per heavy atom. The molecular formula is C10H14N2O. The van der Waals surface area contributed by atoms with E-state index in [-0.39, 0.29) is 0 Å². The SMILES string of the molecule is C=C(OCC)c1cncc(N)c1C. The number of nitrogen functional groups attached to an aromatic ring is 1. The van der Waals surface area contributed by atoms with E-state index < -0.39 is 0 Å². The molecule has 13 heavy (non-hydrogen) atoms. The average molecular weight is 178 g/mol. The van der Waals surface area contributed by atoms with Crippen molar-refractivity contribution in [2.24, 2.45) is 0 Å². The smallest absolute Gasteiger partial charge is 0.121 e. The molecule has 1 rings (SSSR count). The molecule has 0 aliphatic heterocycles. The van der Waals surface area contributed by atoms with E-state index in [9.17, 15) is 0 Å². The molecule has 1 aromatic heterocycles. The number of aromatic nitrogens is 1. The Morgan fingerprint density at radius 2 is 2.31 bits per heavy atom. The van der Waals surface area contributed by atoms with E-state index in [0.717, 1.165) is 11.1 Å². The molecule has 1 heterocycles. The first-order chi connectivity index (χ1) is 6.16. The summed E-state index contributed by atoms with van der Waals surface area (Å²) in [6, 6.07) is 0. The summed E-state index contributed by atoms with van der Waals surface area (Å²) >= 11 is 0. The van der Waals surface area contributed by atoms with Gasteiger partial charge in [-0.25, -0.2) is 0 Å². The minimum Gasteiger partial charge on any atom is -0.494 e. The third kappa shape index (κ3) is 1.99. The van der Waals surface area contributed by atoms with Gasteiger partial charge in [-0.2, -0.15) is 0 Å². The standard InChI is InChI=1S/C10H14N2O/c1-4-13-8(3)9-5-12-6-10(11)7(9)2/h5-6H,3-4,11H2,1-2H3. The van der Waals surface area contributed by atoms with Gasteiger partial charge < -0.3 is 10.5 Å². The molecule has 0 saturated carbocycles. The number of nitrogens with zero attached hydrogens (tertiary/aromatic N) is 1. The second-order valence-corrected chi connectivity index (χ2v) is 2.76. The highest BCUT2D eigenvalue weighted by atomic mass is 16.5. The topological polar surface area (TPSA) is 48.1 Å². The van der Waals surface area contributed by atoms with E-state index in [1.165, 1.54) is 0 Å². The number of anilines is 1. The second kappa shape index (κ2) is 3.94. The van der Waals surface area contributed by atoms with Crippen molar-refractivity contribution in [3.8, 4) is 0 Å². The summed E-state index contributed by atoms with van der Waals surface area (Å²) in [4.78, 5) is 3.98. The van der Waals surface area contributed by atoms with Crippen LogP contribution in [-0.2, 0) is 4.74 Å². The molecular weight excluding hydrogens is 164 g/mol. The Morgan fingerprint density at radius 3 is 2.92 bits per heavy atom. The molecule has 1 aromatic rings. The van der Waals surface area contributed by atoms with Gasteiger partial charge in [0.1, 0.15) is 5.76 Å². The molecule has 0 spiro atoms. The van der Waals surface area contributed by atoms with Crippen LogP contribution in [0, 0.1) is 6.92 Å². The number of ether oxygens (including phenoxy) is 1. The van der Waals surface area contributed by atoms with E-state index in [0.29, 0.717) is 18.1 Å². The molecule has 0 amide bonds. The van der Waals surface area contributed by atoms with Gasteiger partial charge in [-0.3, -0.25) is 4.98 Å². The van der Waals surface area contributed by atoms with Gasteiger partial charge in [0.05, 0.1) is 18.5 Å². The minimum atomic E-state index is 0.604. The lowest BCUT2D eigenvalue weighted by molar-refractivity contribution is 0.299. The van der Waals surface area contributed by atoms with Crippen molar-refractivity contribution >= 4 is 11.4 Å². The summed E-state index contributed by atoms with van der Waals surface area (Å²) < 4.78 is 5.27. The van der Waals surface area contributed by atoms with Crippen LogP contribution in [0.1, 0.15) is 18.1 Å². The zero-order valence-electron chi connectivity index (χ0n) is 8.00. The Kier molecular flexibility index (Phi) is 2.90. The van der Waals surface area contributed by atoms with Crippen LogP contribution in [-0.4, -0.2) is 11.6 Å². The normalized spacial score (nSPS) is 9.69. The fourth-order valence-electron chi connectivity index (χ4n) is 1.07. The molecule has 0 aliphatic rings. The van der Waals surface area contributed by atoms with E-state index in [2.05, 4.69) is 11.6 Å². The maximum absolute atomic E-state index is 5.70. The number of rotatable bonds is 3. The van der Waals surface area contributed by atoms with Gasteiger partial charge >= 0.3 is 0 Å². The maximum atomic E-state index is 5.70. The quantitative estimate of drug-likeness (QED) is 0.720. The lowest BCUT2D eigenvalue weighted by Gasteiger charge is -2.10. The predicted octanol–water partition coefficient (Wildman–Crippen LogP) is 1.98. The molecule has 0 saturated heterocycles. The van der Waals surface area contributed by atoms with Crippen molar-refractivity contribution in [3.05, 3.63) is 30.1 Å². The van der Waals surface area contributed by atoms with Gasteiger partial charge in [0.25, 0.3) is 0 Å². The fraction of sp³-hybridized carbons (Fsp3) is 0.300. The zero-order chi connectivity index (χ0) is 9.84. The Balaban J connectivity index is 3.01. The average Bonchev–Trinajstić information content (AvgIpc) is 2.10. The van der Waals surface area contributed by atoms with Crippen LogP contribution >= 0.6 is 0 Å². The van der Waals surface area contributed by atoms with Crippen LogP contribution in [0.25, 0.3) is 5.76 Å². The molecule has 3 heteroatoms. The summed E-state index contributed by atoms with van der Waals surface area (Å²) in [6.07, 6.45) is 3.34. The molecule has 2 N–H and O–H groups in total. The first-order valence-corrected chi connectivity index (χ1v) is 4.19. The number of hydrogen-bond acceptors (Lipinski definition) is 3. The van der Waals surface area contributed by atoms with E-state index in [1.807, 2.05) is 13.8 Å². The monoisotopic (exact) mass is 178 g/mol. The van der Waals surface area contributed by atoms with Gasteiger partial charge in [-0.1, -0.05) is 6.58 Å². The Hall–Kier alpha value is -1.51. The van der Waals surface area contributed by atoms with E-state index in [4.69, 9.17) is 10.5 Å². The molecule has 0 aromatic carbocycles. The number of pyridine rings is 1. The van der Waals surface area contributed by atoms with Crippen molar-refractivity contribution in [2.45, 2.75) is 13.8 Å². The Labute approximate surface area is 78.2 Å². The first-order valence-electron chi connectivity index (χ1n) is 4.19. The van der Waals surface area contributed by atoms with Crippen molar-refractivity contribution in [2.75, 3.05) is 12.3 Å². The third-order valence-electron chi connectivity index (χ3n) is 1.87. The summed E-state index contributed by atoms with van der Waals surface area (Å²) in [5, 5.41) is 0. The molecule has 70 valence electrons. The van der Waals surface area contributed by atoms with Gasteiger partial charge in [-0.05, 0) is 19.4 Å². The summed E-state index contributed by atoms with van der Waals surface area (Å²) in [7, 11) is 0. The molecule has 0 fully saturated rings. The molecule has 0 bridgehead atoms. The van der Waals surface area contributed by atoms with Crippen LogP contribution in [0.3, 0.4) is 0 Å². The highest BCUT2D eigenvalue weighted by Gasteiger charge is 2.05. The van der Waals surface area contributed by atoms with Crippen molar-refractivity contribution in [3.63, 3.8) is 0 Å². The lowest BCUT2D eigenvalue weighted by Crippen LogP contribution is -1.98. The van der Waals surface area contributed by atoms with E-state index in [1.54, 1.807) is 12.4 Å².